The first-order valence-electron chi connectivity index (χ1n) is 11.7. The summed E-state index contributed by atoms with van der Waals surface area (Å²) in [6.07, 6.45) is -7.87. The fraction of sp³-hybridized carbons (Fsp3) is 0.478. The normalized spacial score (nSPS) is 13.4. The van der Waals surface area contributed by atoms with Gasteiger partial charge < -0.3 is 20.6 Å². The van der Waals surface area contributed by atoms with Gasteiger partial charge in [0.05, 0.1) is 5.69 Å². The zero-order chi connectivity index (χ0) is 33.6. The first kappa shape index (κ1) is 38.8. The lowest BCUT2D eigenvalue weighted by Crippen LogP contribution is -2.26. The van der Waals surface area contributed by atoms with Crippen molar-refractivity contribution in [2.24, 2.45) is 0 Å². The number of pyridine rings is 1. The Kier molecular flexibility index (Phi) is 15.3. The van der Waals surface area contributed by atoms with Crippen LogP contribution in [0.15, 0.2) is 30.9 Å². The number of carbonyl (C=O) groups is 3. The van der Waals surface area contributed by atoms with E-state index in [1.54, 1.807) is 6.33 Å². The maximum atomic E-state index is 10.6. The topological polar surface area (TPSA) is 166 Å². The molecular weight excluding hydrogens is 613 g/mol. The molecule has 0 aromatic carbocycles. The highest BCUT2D eigenvalue weighted by Crippen LogP contribution is 2.22. The predicted molar refractivity (Wildman–Crippen MR) is 129 cm³/mol. The third kappa shape index (κ3) is 16.7. The van der Waals surface area contributed by atoms with Gasteiger partial charge in [-0.15, -0.1) is 0 Å². The second kappa shape index (κ2) is 17.0. The number of hydrogen-bond acceptors (Lipinski definition) is 8. The Bertz CT molecular complexity index is 1120. The second-order valence-corrected chi connectivity index (χ2v) is 8.49. The van der Waals surface area contributed by atoms with Gasteiger partial charge in [0.15, 0.2) is 0 Å². The number of aromatic nitrogens is 3. The third-order valence-electron chi connectivity index (χ3n) is 4.69. The van der Waals surface area contributed by atoms with Crippen LogP contribution in [0.4, 0.5) is 45.3 Å². The number of carboxylic acids is 3. The summed E-state index contributed by atoms with van der Waals surface area (Å²) in [4.78, 5) is 42.2. The van der Waals surface area contributed by atoms with Gasteiger partial charge in [0.1, 0.15) is 12.1 Å². The Morgan fingerprint density at radius 1 is 0.814 bits per heavy atom. The number of hydrogen-bond donors (Lipinski definition) is 4. The number of anilines is 1. The van der Waals surface area contributed by atoms with Crippen LogP contribution in [0, 0.1) is 0 Å². The maximum Gasteiger partial charge on any atom is 0.490 e. The molecule has 3 heterocycles. The molecule has 242 valence electrons. The highest BCUT2D eigenvalue weighted by molar-refractivity contribution is 5.73. The molecule has 3 rings (SSSR count). The van der Waals surface area contributed by atoms with Crippen LogP contribution in [-0.2, 0) is 33.8 Å². The Morgan fingerprint density at radius 3 is 1.63 bits per heavy atom. The molecule has 20 heteroatoms. The number of nitrogens with one attached hydrogen (secondary N) is 1. The summed E-state index contributed by atoms with van der Waals surface area (Å²) in [6.45, 7) is 7.32. The van der Waals surface area contributed by atoms with E-state index in [1.165, 1.54) is 16.8 Å². The Balaban J connectivity index is 0.000000690. The van der Waals surface area contributed by atoms with Gasteiger partial charge in [0.25, 0.3) is 0 Å². The number of alkyl halides is 9. The number of halogens is 9. The quantitative estimate of drug-likeness (QED) is 0.355. The molecule has 11 nitrogen and oxygen atoms in total. The summed E-state index contributed by atoms with van der Waals surface area (Å²) in [5.41, 5.74) is 3.79. The van der Waals surface area contributed by atoms with Crippen LogP contribution in [0.5, 0.6) is 0 Å². The number of rotatable bonds is 4. The van der Waals surface area contributed by atoms with E-state index in [0.717, 1.165) is 38.3 Å². The summed E-state index contributed by atoms with van der Waals surface area (Å²) in [7, 11) is 0. The van der Waals surface area contributed by atoms with Crippen molar-refractivity contribution in [1.82, 2.24) is 19.9 Å². The zero-order valence-corrected chi connectivity index (χ0v) is 22.3. The molecule has 1 aliphatic heterocycles. The third-order valence-corrected chi connectivity index (χ3v) is 4.69. The molecule has 1 aliphatic rings. The van der Waals surface area contributed by atoms with Gasteiger partial charge in [0.2, 0.25) is 0 Å². The molecule has 2 aromatic rings. The van der Waals surface area contributed by atoms with Crippen molar-refractivity contribution in [2.75, 3.05) is 18.4 Å². The van der Waals surface area contributed by atoms with E-state index < -0.39 is 36.4 Å². The van der Waals surface area contributed by atoms with E-state index >= 15 is 0 Å². The van der Waals surface area contributed by atoms with Crippen molar-refractivity contribution in [3.63, 3.8) is 0 Å². The molecule has 0 fully saturated rings. The zero-order valence-electron chi connectivity index (χ0n) is 22.3. The van der Waals surface area contributed by atoms with Gasteiger partial charge in [0, 0.05) is 50.1 Å². The second-order valence-electron chi connectivity index (χ2n) is 8.49. The fourth-order valence-electron chi connectivity index (χ4n) is 2.88. The molecule has 0 atom stereocenters. The summed E-state index contributed by atoms with van der Waals surface area (Å²) in [6, 6.07) is 4.56. The van der Waals surface area contributed by atoms with Crippen molar-refractivity contribution in [3.8, 4) is 0 Å². The molecule has 0 radical (unpaired) electrons. The number of nitrogens with zero attached hydrogens (tertiary/aromatic N) is 4. The molecule has 0 saturated carbocycles. The molecule has 0 saturated heterocycles. The predicted octanol–water partition coefficient (Wildman–Crippen LogP) is 4.19. The van der Waals surface area contributed by atoms with Crippen LogP contribution in [0.1, 0.15) is 30.7 Å². The van der Waals surface area contributed by atoms with Gasteiger partial charge in [-0.3, -0.25) is 9.88 Å². The van der Waals surface area contributed by atoms with Crippen molar-refractivity contribution >= 4 is 23.7 Å². The minimum Gasteiger partial charge on any atom is -0.475 e. The van der Waals surface area contributed by atoms with Crippen LogP contribution >= 0.6 is 0 Å². The van der Waals surface area contributed by atoms with Gasteiger partial charge in [-0.1, -0.05) is 0 Å². The number of carboxylic acid groups (broad SMARTS) is 3. The Hall–Kier alpha value is -4.23. The lowest BCUT2D eigenvalue weighted by Gasteiger charge is -2.19. The lowest BCUT2D eigenvalue weighted by atomic mass is 10.1. The monoisotopic (exact) mass is 639 g/mol. The van der Waals surface area contributed by atoms with Crippen molar-refractivity contribution in [2.45, 2.75) is 57.8 Å². The molecule has 0 unspecified atom stereocenters. The van der Waals surface area contributed by atoms with Crippen LogP contribution in [0.3, 0.4) is 0 Å². The van der Waals surface area contributed by atoms with E-state index in [9.17, 15) is 39.5 Å². The van der Waals surface area contributed by atoms with Gasteiger partial charge in [-0.25, -0.2) is 24.4 Å². The fourth-order valence-corrected chi connectivity index (χ4v) is 2.88. The van der Waals surface area contributed by atoms with Gasteiger partial charge in [-0.05, 0) is 38.0 Å². The molecule has 0 spiro atoms. The van der Waals surface area contributed by atoms with E-state index in [2.05, 4.69) is 51.1 Å². The number of fused-ring (bicyclic) bond motifs is 1. The first-order chi connectivity index (χ1) is 19.6. The van der Waals surface area contributed by atoms with E-state index in [4.69, 9.17) is 29.7 Å². The minimum absolute atomic E-state index is 0.384. The molecule has 4 N–H and O–H groups in total. The number of aliphatic carboxylic acids is 3. The highest BCUT2D eigenvalue weighted by atomic mass is 19.4. The average molecular weight is 639 g/mol. The molecule has 43 heavy (non-hydrogen) atoms. The molecule has 0 aliphatic carbocycles. The summed E-state index contributed by atoms with van der Waals surface area (Å²) in [5, 5.41) is 24.8. The maximum absolute atomic E-state index is 10.6. The molecule has 2 aromatic heterocycles. The van der Waals surface area contributed by atoms with Crippen LogP contribution < -0.4 is 5.32 Å². The summed E-state index contributed by atoms with van der Waals surface area (Å²) in [5.74, 6) is -7.27. The van der Waals surface area contributed by atoms with Gasteiger partial charge in [-0.2, -0.15) is 39.5 Å². The van der Waals surface area contributed by atoms with Crippen molar-refractivity contribution < 1.29 is 69.2 Å². The van der Waals surface area contributed by atoms with E-state index in [1.807, 2.05) is 12.4 Å². The molecule has 0 bridgehead atoms. The van der Waals surface area contributed by atoms with Crippen molar-refractivity contribution in [1.29, 1.82) is 0 Å². The summed E-state index contributed by atoms with van der Waals surface area (Å²) < 4.78 is 95.2. The highest BCUT2D eigenvalue weighted by Gasteiger charge is 2.39. The molecule has 0 amide bonds. The smallest absolute Gasteiger partial charge is 0.475 e. The van der Waals surface area contributed by atoms with Crippen molar-refractivity contribution in [3.05, 3.63) is 47.7 Å². The van der Waals surface area contributed by atoms with E-state index in [0.29, 0.717) is 6.04 Å². The molecular formula is C23H26F9N5O6. The van der Waals surface area contributed by atoms with Gasteiger partial charge >= 0.3 is 36.4 Å². The minimum atomic E-state index is -5.08. The standard InChI is InChI=1S/C17H23N5.3C2HF3O2/c1-13(2)21-17-15-5-9-22(10-6-16(15)19-12-20-17)11-14-3-7-18-8-4-14;3*3-2(4,5)1(6)7/h3-4,7-8,12-13H,5-6,9-11H2,1-2H3,(H,19,20,21);3*(H,6,7). The van der Waals surface area contributed by atoms with Crippen LogP contribution in [-0.4, -0.2) is 90.7 Å². The first-order valence-corrected chi connectivity index (χ1v) is 11.7. The Labute approximate surface area is 237 Å². The summed E-state index contributed by atoms with van der Waals surface area (Å²) >= 11 is 0. The van der Waals surface area contributed by atoms with E-state index in [-0.39, 0.29) is 0 Å². The SMILES string of the molecule is CC(C)Nc1ncnc2c1CCN(Cc1ccncc1)CC2.O=C(O)C(F)(F)F.O=C(O)C(F)(F)F.O=C(O)C(F)(F)F. The average Bonchev–Trinajstić information content (AvgIpc) is 3.07. The lowest BCUT2D eigenvalue weighted by molar-refractivity contribution is -0.193. The largest absolute Gasteiger partial charge is 0.490 e. The van der Waals surface area contributed by atoms with Crippen LogP contribution in [0.2, 0.25) is 0 Å². The Morgan fingerprint density at radius 2 is 1.23 bits per heavy atom. The van der Waals surface area contributed by atoms with Crippen LogP contribution in [0.25, 0.3) is 0 Å².